The van der Waals surface area contributed by atoms with Gasteiger partial charge in [-0.1, -0.05) is 236 Å². The Hall–Kier alpha value is -9.12. The van der Waals surface area contributed by atoms with E-state index in [0.717, 1.165) is 22.7 Å². The van der Waals surface area contributed by atoms with Crippen LogP contribution in [0, 0.1) is 13.8 Å². The molecule has 0 saturated heterocycles. The van der Waals surface area contributed by atoms with Crippen molar-refractivity contribution in [3.05, 3.63) is 274 Å². The number of anilines is 9. The Labute approximate surface area is 566 Å². The van der Waals surface area contributed by atoms with E-state index in [4.69, 9.17) is 0 Å². The van der Waals surface area contributed by atoms with Crippen LogP contribution in [0.4, 0.5) is 51.2 Å². The third-order valence-electron chi connectivity index (χ3n) is 22.7. The summed E-state index contributed by atoms with van der Waals surface area (Å²) in [5.41, 5.74) is 38.3. The van der Waals surface area contributed by atoms with Crippen LogP contribution in [0.5, 0.6) is 0 Å². The molecule has 16 rings (SSSR count). The molecule has 95 heavy (non-hydrogen) atoms. The predicted molar refractivity (Wildman–Crippen MR) is 408 cm³/mol. The molecule has 0 spiro atoms. The first-order valence-electron chi connectivity index (χ1n) is 35.1. The SMILES string of the molecule is Cc1cc(-c2ccc3c(c2)C(C)(C)c2ccccc2-3)cc(C)c1N1c2cc(C3CCCC3)ccc2B2c3ccc(N(c4ccc(C(C)(C)C)cc4)c4ccc(C(C)(C)C)cc4)cc3N(c3ccc(-c4cccc5c4C(C)(C)c4ccccc4-5)cc3)c3cc(C(C)(C)C)cc1c32. The highest BCUT2D eigenvalue weighted by Crippen LogP contribution is 2.55. The summed E-state index contributed by atoms with van der Waals surface area (Å²) in [6.45, 7) is 35.3. The first-order valence-corrected chi connectivity index (χ1v) is 35.1. The summed E-state index contributed by atoms with van der Waals surface area (Å²) in [4.78, 5) is 7.87. The molecule has 0 bridgehead atoms. The highest BCUT2D eigenvalue weighted by Gasteiger charge is 2.46. The molecule has 3 aliphatic carbocycles. The molecule has 0 aromatic heterocycles. The van der Waals surface area contributed by atoms with Crippen molar-refractivity contribution in [2.75, 3.05) is 14.7 Å². The molecule has 0 amide bonds. The molecule has 11 aromatic rings. The maximum atomic E-state index is 2.73. The van der Waals surface area contributed by atoms with Crippen molar-refractivity contribution in [1.82, 2.24) is 0 Å². The van der Waals surface area contributed by atoms with Crippen LogP contribution >= 0.6 is 0 Å². The molecule has 2 heterocycles. The van der Waals surface area contributed by atoms with Gasteiger partial charge in [0.25, 0.3) is 6.71 Å². The summed E-state index contributed by atoms with van der Waals surface area (Å²) in [6, 6.07) is 85.8. The zero-order valence-corrected chi connectivity index (χ0v) is 58.6. The van der Waals surface area contributed by atoms with E-state index in [0.29, 0.717) is 5.92 Å². The summed E-state index contributed by atoms with van der Waals surface area (Å²) in [5.74, 6) is 0.540. The van der Waals surface area contributed by atoms with Crippen LogP contribution in [0.3, 0.4) is 0 Å². The van der Waals surface area contributed by atoms with Crippen LogP contribution in [-0.4, -0.2) is 6.71 Å². The van der Waals surface area contributed by atoms with Crippen LogP contribution in [0.15, 0.2) is 218 Å². The molecule has 11 aromatic carbocycles. The van der Waals surface area contributed by atoms with Crippen molar-refractivity contribution in [3.8, 4) is 44.5 Å². The lowest BCUT2D eigenvalue weighted by atomic mass is 9.33. The summed E-state index contributed by atoms with van der Waals surface area (Å²) in [5, 5.41) is 0. The molecule has 0 radical (unpaired) electrons. The van der Waals surface area contributed by atoms with Crippen LogP contribution in [0.2, 0.25) is 0 Å². The van der Waals surface area contributed by atoms with Gasteiger partial charge in [0.15, 0.2) is 0 Å². The van der Waals surface area contributed by atoms with Crippen LogP contribution in [0.1, 0.15) is 177 Å². The monoisotopic (exact) mass is 1240 g/mol. The molecule has 472 valence electrons. The van der Waals surface area contributed by atoms with E-state index in [9.17, 15) is 0 Å². The number of benzene rings is 11. The van der Waals surface area contributed by atoms with Gasteiger partial charge in [-0.15, -0.1) is 0 Å². The Kier molecular flexibility index (Phi) is 13.9. The highest BCUT2D eigenvalue weighted by molar-refractivity contribution is 7.00. The Morgan fingerprint density at radius 2 is 0.884 bits per heavy atom. The molecule has 4 heteroatoms. The van der Waals surface area contributed by atoms with Crippen molar-refractivity contribution in [3.63, 3.8) is 0 Å². The van der Waals surface area contributed by atoms with Crippen molar-refractivity contribution in [1.29, 1.82) is 0 Å². The van der Waals surface area contributed by atoms with Gasteiger partial charge in [-0.3, -0.25) is 0 Å². The Bertz CT molecular complexity index is 4840. The molecule has 3 nitrogen and oxygen atoms in total. The van der Waals surface area contributed by atoms with Gasteiger partial charge in [-0.05, 0) is 250 Å². The third-order valence-corrected chi connectivity index (χ3v) is 22.7. The summed E-state index contributed by atoms with van der Waals surface area (Å²) >= 11 is 0. The van der Waals surface area contributed by atoms with Gasteiger partial charge in [-0.25, -0.2) is 0 Å². The van der Waals surface area contributed by atoms with Gasteiger partial charge in [0.05, 0.1) is 5.69 Å². The zero-order chi connectivity index (χ0) is 66.0. The van der Waals surface area contributed by atoms with Crippen molar-refractivity contribution < 1.29 is 0 Å². The standard InChI is InChI=1S/C91H90BN3/c1-56-49-62(60-33-46-73-71-25-18-20-29-75(71)90(12,13)77(73)51-60)50-57(2)86(56)95-80-52-61(58-23-16-17-24-58)34-47-78(80)92-79-48-45-69(93(66-41-35-63(36-42-66)87(3,4)5)67-43-37-64(38-44-67)88(6,7)8)55-81(79)94(82-53-65(89(9,10)11)54-83(95)85(82)92)68-39-31-59(32-40-68)70-27-22-28-74-72-26-19-21-30-76(72)91(14,15)84(70)74/h18-22,25-55,58H,16-17,23-24H2,1-15H3. The minimum atomic E-state index is -0.196. The number of nitrogens with zero attached hydrogens (tertiary/aromatic N) is 3. The quantitative estimate of drug-likeness (QED) is 0.140. The van der Waals surface area contributed by atoms with Gasteiger partial charge in [0.2, 0.25) is 0 Å². The molecule has 1 saturated carbocycles. The van der Waals surface area contributed by atoms with Gasteiger partial charge < -0.3 is 14.7 Å². The first-order chi connectivity index (χ1) is 45.3. The molecule has 0 unspecified atom stereocenters. The number of hydrogen-bond acceptors (Lipinski definition) is 3. The number of rotatable bonds is 8. The second kappa shape index (κ2) is 21.7. The van der Waals surface area contributed by atoms with Gasteiger partial charge >= 0.3 is 0 Å². The number of aryl methyl sites for hydroxylation is 2. The minimum Gasteiger partial charge on any atom is -0.311 e. The number of fused-ring (bicyclic) bond motifs is 10. The Balaban J connectivity index is 0.927. The fourth-order valence-electron chi connectivity index (χ4n) is 17.5. The maximum Gasteiger partial charge on any atom is 0.252 e. The Morgan fingerprint density at radius 1 is 0.389 bits per heavy atom. The minimum absolute atomic E-state index is 0.0121. The molecule has 5 aliphatic rings. The van der Waals surface area contributed by atoms with E-state index in [-0.39, 0.29) is 33.8 Å². The van der Waals surface area contributed by atoms with E-state index in [1.165, 1.54) is 171 Å². The smallest absolute Gasteiger partial charge is 0.252 e. The second-order valence-electron chi connectivity index (χ2n) is 32.6. The lowest BCUT2D eigenvalue weighted by Gasteiger charge is -2.46. The molecule has 0 N–H and O–H groups in total. The summed E-state index contributed by atoms with van der Waals surface area (Å²) in [7, 11) is 0. The van der Waals surface area contributed by atoms with Gasteiger partial charge in [-0.2, -0.15) is 0 Å². The molecule has 0 atom stereocenters. The molecular weight excluding hydrogens is 1150 g/mol. The fraction of sp³-hybridized carbons (Fsp3) is 0.275. The van der Waals surface area contributed by atoms with E-state index in [1.54, 1.807) is 0 Å². The molecular formula is C91H90BN3. The third kappa shape index (κ3) is 9.72. The van der Waals surface area contributed by atoms with Crippen LogP contribution in [0.25, 0.3) is 44.5 Å². The van der Waals surface area contributed by atoms with E-state index in [1.807, 2.05) is 0 Å². The molecule has 2 aliphatic heterocycles. The average molecular weight is 1240 g/mol. The maximum absolute atomic E-state index is 2.73. The number of hydrogen-bond donors (Lipinski definition) is 0. The van der Waals surface area contributed by atoms with E-state index in [2.05, 4.69) is 337 Å². The van der Waals surface area contributed by atoms with E-state index >= 15 is 0 Å². The fourth-order valence-corrected chi connectivity index (χ4v) is 17.5. The van der Waals surface area contributed by atoms with E-state index < -0.39 is 0 Å². The van der Waals surface area contributed by atoms with Crippen molar-refractivity contribution in [2.45, 2.75) is 163 Å². The summed E-state index contributed by atoms with van der Waals surface area (Å²) < 4.78 is 0. The Morgan fingerprint density at radius 3 is 1.48 bits per heavy atom. The first kappa shape index (κ1) is 60.8. The van der Waals surface area contributed by atoms with Gasteiger partial charge in [0, 0.05) is 56.3 Å². The predicted octanol–water partition coefficient (Wildman–Crippen LogP) is 23.4. The zero-order valence-electron chi connectivity index (χ0n) is 58.6. The summed E-state index contributed by atoms with van der Waals surface area (Å²) in [6.07, 6.45) is 5.04. The van der Waals surface area contributed by atoms with Crippen LogP contribution < -0.4 is 31.1 Å². The lowest BCUT2D eigenvalue weighted by Crippen LogP contribution is -2.61. The second-order valence-corrected chi connectivity index (χ2v) is 32.6. The molecule has 1 fully saturated rings. The van der Waals surface area contributed by atoms with Crippen molar-refractivity contribution >= 4 is 74.3 Å². The normalized spacial score (nSPS) is 15.6. The topological polar surface area (TPSA) is 9.72 Å². The van der Waals surface area contributed by atoms with Crippen LogP contribution in [-0.2, 0) is 27.1 Å². The highest BCUT2D eigenvalue weighted by atomic mass is 15.2. The lowest BCUT2D eigenvalue weighted by molar-refractivity contribution is 0.590. The average Bonchev–Trinajstić information content (AvgIpc) is 1.51. The van der Waals surface area contributed by atoms with Gasteiger partial charge in [0.1, 0.15) is 0 Å². The van der Waals surface area contributed by atoms with Crippen molar-refractivity contribution in [2.24, 2.45) is 0 Å². The largest absolute Gasteiger partial charge is 0.311 e.